The second kappa shape index (κ2) is 5.19. The molecule has 1 fully saturated rings. The number of hydrogen-bond acceptors (Lipinski definition) is 3. The molecule has 4 heteroatoms. The van der Waals surface area contributed by atoms with Gasteiger partial charge in [-0.1, -0.05) is 25.0 Å². The van der Waals surface area contributed by atoms with Crippen LogP contribution in [0, 0.1) is 12.8 Å². The Bertz CT molecular complexity index is 712. The minimum absolute atomic E-state index is 0.133. The molecule has 1 heterocycles. The minimum atomic E-state index is -0.157. The van der Waals surface area contributed by atoms with Crippen molar-refractivity contribution >= 4 is 16.8 Å². The fraction of sp³-hybridized carbons (Fsp3) is 0.438. The number of aromatic nitrogens is 2. The molecular weight excluding hydrogens is 252 g/mol. The highest BCUT2D eigenvalue weighted by molar-refractivity contribution is 5.83. The standard InChI is InChI=1S/C16H18N2O2/c1-11-16(20)18(10-15(19)12-6-2-3-7-12)14-9-5-4-8-13(14)17-11/h4-5,8-9,12H,2-3,6-7,10H2,1H3. The van der Waals surface area contributed by atoms with Crippen LogP contribution in [-0.2, 0) is 11.3 Å². The van der Waals surface area contributed by atoms with Crippen LogP contribution in [0.5, 0.6) is 0 Å². The van der Waals surface area contributed by atoms with Crippen molar-refractivity contribution in [3.8, 4) is 0 Å². The third-order valence-electron chi connectivity index (χ3n) is 4.14. The molecule has 1 aromatic carbocycles. The summed E-state index contributed by atoms with van der Waals surface area (Å²) in [6.45, 7) is 1.87. The fourth-order valence-corrected chi connectivity index (χ4v) is 3.01. The molecule has 1 aliphatic rings. The molecule has 1 aliphatic carbocycles. The summed E-state index contributed by atoms with van der Waals surface area (Å²) in [6.07, 6.45) is 4.19. The number of carbonyl (C=O) groups excluding carboxylic acids is 1. The SMILES string of the molecule is Cc1nc2ccccc2n(CC(=O)C2CCCC2)c1=O. The first-order valence-corrected chi connectivity index (χ1v) is 7.15. The van der Waals surface area contributed by atoms with Crippen LogP contribution in [0.3, 0.4) is 0 Å². The maximum Gasteiger partial charge on any atom is 0.272 e. The number of aryl methyl sites for hydroxylation is 1. The molecule has 4 nitrogen and oxygen atoms in total. The van der Waals surface area contributed by atoms with E-state index in [0.717, 1.165) is 36.7 Å². The van der Waals surface area contributed by atoms with Crippen molar-refractivity contribution < 1.29 is 4.79 Å². The van der Waals surface area contributed by atoms with Crippen LogP contribution in [0.4, 0.5) is 0 Å². The van der Waals surface area contributed by atoms with Crippen LogP contribution in [0.1, 0.15) is 31.4 Å². The number of rotatable bonds is 3. The van der Waals surface area contributed by atoms with Crippen LogP contribution in [-0.4, -0.2) is 15.3 Å². The second-order valence-corrected chi connectivity index (χ2v) is 5.52. The van der Waals surface area contributed by atoms with Crippen LogP contribution in [0.15, 0.2) is 29.1 Å². The quantitative estimate of drug-likeness (QED) is 0.861. The van der Waals surface area contributed by atoms with E-state index in [1.807, 2.05) is 24.3 Å². The van der Waals surface area contributed by atoms with E-state index in [4.69, 9.17) is 0 Å². The molecule has 0 saturated heterocycles. The number of carbonyl (C=O) groups is 1. The monoisotopic (exact) mass is 270 g/mol. The maximum absolute atomic E-state index is 12.3. The molecule has 104 valence electrons. The van der Waals surface area contributed by atoms with Gasteiger partial charge in [0, 0.05) is 5.92 Å². The van der Waals surface area contributed by atoms with Crippen molar-refractivity contribution in [2.24, 2.45) is 5.92 Å². The van der Waals surface area contributed by atoms with Gasteiger partial charge in [0.2, 0.25) is 0 Å². The molecule has 0 spiro atoms. The normalized spacial score (nSPS) is 15.8. The first kappa shape index (κ1) is 13.0. The van der Waals surface area contributed by atoms with Crippen molar-refractivity contribution in [2.75, 3.05) is 0 Å². The molecule has 0 unspecified atom stereocenters. The summed E-state index contributed by atoms with van der Waals surface area (Å²) in [4.78, 5) is 28.9. The highest BCUT2D eigenvalue weighted by Crippen LogP contribution is 2.26. The number of hydrogen-bond donors (Lipinski definition) is 0. The average molecular weight is 270 g/mol. The Kier molecular flexibility index (Phi) is 3.38. The Morgan fingerprint density at radius 1 is 1.30 bits per heavy atom. The van der Waals surface area contributed by atoms with Gasteiger partial charge in [0.05, 0.1) is 17.6 Å². The minimum Gasteiger partial charge on any atom is -0.298 e. The smallest absolute Gasteiger partial charge is 0.272 e. The highest BCUT2D eigenvalue weighted by atomic mass is 16.1. The van der Waals surface area contributed by atoms with Crippen molar-refractivity contribution in [1.29, 1.82) is 0 Å². The zero-order valence-corrected chi connectivity index (χ0v) is 11.6. The Labute approximate surface area is 117 Å². The van der Waals surface area contributed by atoms with Crippen LogP contribution >= 0.6 is 0 Å². The van der Waals surface area contributed by atoms with E-state index in [1.165, 1.54) is 0 Å². The number of ketones is 1. The van der Waals surface area contributed by atoms with E-state index in [1.54, 1.807) is 11.5 Å². The molecule has 1 saturated carbocycles. The second-order valence-electron chi connectivity index (χ2n) is 5.52. The third kappa shape index (κ3) is 2.26. The molecule has 0 amide bonds. The number of nitrogens with zero attached hydrogens (tertiary/aromatic N) is 2. The van der Waals surface area contributed by atoms with Gasteiger partial charge in [-0.2, -0.15) is 0 Å². The van der Waals surface area contributed by atoms with Crippen LogP contribution in [0.25, 0.3) is 11.0 Å². The van der Waals surface area contributed by atoms with Crippen molar-refractivity contribution in [1.82, 2.24) is 9.55 Å². The Balaban J connectivity index is 2.03. The molecule has 0 aliphatic heterocycles. The summed E-state index contributed by atoms with van der Waals surface area (Å²) in [5.74, 6) is 0.314. The van der Waals surface area contributed by atoms with Gasteiger partial charge in [0.1, 0.15) is 5.69 Å². The lowest BCUT2D eigenvalue weighted by Gasteiger charge is -2.13. The zero-order chi connectivity index (χ0) is 14.1. The number of para-hydroxylation sites is 2. The highest BCUT2D eigenvalue weighted by Gasteiger charge is 2.23. The summed E-state index contributed by atoms with van der Waals surface area (Å²) in [5.41, 5.74) is 1.80. The number of Topliss-reactive ketones (excluding diaryl/α,β-unsaturated/α-hetero) is 1. The van der Waals surface area contributed by atoms with Gasteiger partial charge >= 0.3 is 0 Å². The van der Waals surface area contributed by atoms with Gasteiger partial charge in [0.15, 0.2) is 5.78 Å². The molecule has 20 heavy (non-hydrogen) atoms. The van der Waals surface area contributed by atoms with E-state index in [9.17, 15) is 9.59 Å². The molecule has 0 atom stereocenters. The van der Waals surface area contributed by atoms with Gasteiger partial charge in [-0.25, -0.2) is 4.98 Å². The Morgan fingerprint density at radius 2 is 2.00 bits per heavy atom. The molecule has 1 aromatic heterocycles. The van der Waals surface area contributed by atoms with Gasteiger partial charge in [-0.3, -0.25) is 14.2 Å². The summed E-state index contributed by atoms with van der Waals surface area (Å²) >= 11 is 0. The van der Waals surface area contributed by atoms with Gasteiger partial charge in [-0.15, -0.1) is 0 Å². The Morgan fingerprint density at radius 3 is 2.75 bits per heavy atom. The molecule has 0 radical (unpaired) electrons. The lowest BCUT2D eigenvalue weighted by Crippen LogP contribution is -2.29. The van der Waals surface area contributed by atoms with E-state index in [0.29, 0.717) is 5.69 Å². The zero-order valence-electron chi connectivity index (χ0n) is 11.6. The summed E-state index contributed by atoms with van der Waals surface area (Å²) < 4.78 is 1.58. The van der Waals surface area contributed by atoms with Crippen LogP contribution in [0.2, 0.25) is 0 Å². The predicted octanol–water partition coefficient (Wildman–Crippen LogP) is 2.46. The van der Waals surface area contributed by atoms with E-state index >= 15 is 0 Å². The van der Waals surface area contributed by atoms with Crippen molar-refractivity contribution in [3.63, 3.8) is 0 Å². The molecular formula is C16H18N2O2. The van der Waals surface area contributed by atoms with E-state index in [2.05, 4.69) is 4.98 Å². The van der Waals surface area contributed by atoms with Gasteiger partial charge in [-0.05, 0) is 31.9 Å². The van der Waals surface area contributed by atoms with Crippen LogP contribution < -0.4 is 5.56 Å². The molecule has 0 N–H and O–H groups in total. The fourth-order valence-electron chi connectivity index (χ4n) is 3.01. The van der Waals surface area contributed by atoms with E-state index < -0.39 is 0 Å². The van der Waals surface area contributed by atoms with Crippen molar-refractivity contribution in [2.45, 2.75) is 39.2 Å². The number of benzene rings is 1. The summed E-state index contributed by atoms with van der Waals surface area (Å²) in [6, 6.07) is 7.49. The first-order chi connectivity index (χ1) is 9.66. The number of fused-ring (bicyclic) bond motifs is 1. The maximum atomic E-state index is 12.3. The van der Waals surface area contributed by atoms with Gasteiger partial charge in [0.25, 0.3) is 5.56 Å². The molecule has 2 aromatic rings. The average Bonchev–Trinajstić information content (AvgIpc) is 2.98. The van der Waals surface area contributed by atoms with Gasteiger partial charge < -0.3 is 0 Å². The topological polar surface area (TPSA) is 52.0 Å². The molecule has 3 rings (SSSR count). The third-order valence-corrected chi connectivity index (χ3v) is 4.14. The lowest BCUT2D eigenvalue weighted by molar-refractivity contribution is -0.123. The summed E-state index contributed by atoms with van der Waals surface area (Å²) in [5, 5.41) is 0. The van der Waals surface area contributed by atoms with E-state index in [-0.39, 0.29) is 23.8 Å². The van der Waals surface area contributed by atoms with Crippen molar-refractivity contribution in [3.05, 3.63) is 40.3 Å². The first-order valence-electron chi connectivity index (χ1n) is 7.15. The largest absolute Gasteiger partial charge is 0.298 e. The lowest BCUT2D eigenvalue weighted by atomic mass is 10.0. The predicted molar refractivity (Wildman–Crippen MR) is 77.7 cm³/mol. The summed E-state index contributed by atoms with van der Waals surface area (Å²) in [7, 11) is 0. The Hall–Kier alpha value is -1.97. The molecule has 0 bridgehead atoms.